The second-order valence-corrected chi connectivity index (χ2v) is 3.47. The van der Waals surface area contributed by atoms with Crippen molar-refractivity contribution in [3.05, 3.63) is 35.6 Å². The Labute approximate surface area is 76.3 Å². The Morgan fingerprint density at radius 3 is 2.85 bits per heavy atom. The molecule has 0 fully saturated rings. The van der Waals surface area contributed by atoms with Crippen LogP contribution in [0, 0.1) is 5.92 Å². The lowest BCUT2D eigenvalue weighted by Gasteiger charge is -2.31. The minimum Gasteiger partial charge on any atom is -0.512 e. The van der Waals surface area contributed by atoms with E-state index in [4.69, 9.17) is 0 Å². The maximum Gasteiger partial charge on any atom is 0.102 e. The Kier molecular flexibility index (Phi) is 1.98. The Balaban J connectivity index is 2.36. The summed E-state index contributed by atoms with van der Waals surface area (Å²) in [6.45, 7) is 0. The number of aliphatic hydroxyl groups excluding tert-OH is 3. The van der Waals surface area contributed by atoms with Gasteiger partial charge in [0, 0.05) is 6.42 Å². The van der Waals surface area contributed by atoms with E-state index in [0.717, 1.165) is 5.57 Å². The Morgan fingerprint density at radius 1 is 1.31 bits per heavy atom. The van der Waals surface area contributed by atoms with Gasteiger partial charge in [-0.05, 0) is 11.6 Å². The van der Waals surface area contributed by atoms with Gasteiger partial charge >= 0.3 is 0 Å². The molecule has 0 saturated carbocycles. The van der Waals surface area contributed by atoms with Crippen molar-refractivity contribution in [2.24, 2.45) is 5.92 Å². The van der Waals surface area contributed by atoms with Crippen molar-refractivity contribution in [3.63, 3.8) is 0 Å². The summed E-state index contributed by atoms with van der Waals surface area (Å²) < 4.78 is 0. The van der Waals surface area contributed by atoms with Crippen LogP contribution in [0.15, 0.2) is 35.6 Å². The predicted octanol–water partition coefficient (Wildman–Crippen LogP) is 0.666. The van der Waals surface area contributed by atoms with Crippen LogP contribution in [-0.2, 0) is 0 Å². The van der Waals surface area contributed by atoms with Crippen LogP contribution in [0.5, 0.6) is 0 Å². The molecule has 2 aliphatic carbocycles. The van der Waals surface area contributed by atoms with Gasteiger partial charge in [0.15, 0.2) is 0 Å². The second-order valence-electron chi connectivity index (χ2n) is 3.47. The monoisotopic (exact) mass is 180 g/mol. The lowest BCUT2D eigenvalue weighted by molar-refractivity contribution is 0.0579. The standard InChI is InChI=1S/C10H12O3/c11-7-4-6-2-1-3-8(12)10(6)9(13)5-7/h1-4,7,9-13H,5H2. The van der Waals surface area contributed by atoms with Gasteiger partial charge in [-0.15, -0.1) is 0 Å². The van der Waals surface area contributed by atoms with E-state index in [0.29, 0.717) is 6.42 Å². The van der Waals surface area contributed by atoms with Gasteiger partial charge in [-0.25, -0.2) is 0 Å². The molecule has 3 atom stereocenters. The van der Waals surface area contributed by atoms with Gasteiger partial charge in [0.1, 0.15) is 5.76 Å². The largest absolute Gasteiger partial charge is 0.512 e. The fourth-order valence-corrected chi connectivity index (χ4v) is 1.89. The highest BCUT2D eigenvalue weighted by Crippen LogP contribution is 2.33. The van der Waals surface area contributed by atoms with Crippen molar-refractivity contribution < 1.29 is 15.3 Å². The lowest BCUT2D eigenvalue weighted by Crippen LogP contribution is -2.33. The first-order chi connectivity index (χ1) is 6.18. The second kappa shape index (κ2) is 3.01. The van der Waals surface area contributed by atoms with Crippen LogP contribution >= 0.6 is 0 Å². The van der Waals surface area contributed by atoms with Crippen molar-refractivity contribution in [3.8, 4) is 0 Å². The molecule has 3 nitrogen and oxygen atoms in total. The zero-order valence-corrected chi connectivity index (χ0v) is 7.09. The normalized spacial score (nSPS) is 37.8. The van der Waals surface area contributed by atoms with Crippen LogP contribution < -0.4 is 0 Å². The molecule has 0 amide bonds. The van der Waals surface area contributed by atoms with Crippen molar-refractivity contribution in [1.82, 2.24) is 0 Å². The van der Waals surface area contributed by atoms with E-state index in [9.17, 15) is 15.3 Å². The van der Waals surface area contributed by atoms with Crippen LogP contribution in [0.25, 0.3) is 0 Å². The molecule has 70 valence electrons. The molecule has 13 heavy (non-hydrogen) atoms. The third kappa shape index (κ3) is 1.41. The smallest absolute Gasteiger partial charge is 0.102 e. The summed E-state index contributed by atoms with van der Waals surface area (Å²) in [7, 11) is 0. The number of aliphatic hydroxyl groups is 3. The van der Waals surface area contributed by atoms with Crippen LogP contribution in [0.2, 0.25) is 0 Å². The van der Waals surface area contributed by atoms with Gasteiger partial charge in [-0.2, -0.15) is 0 Å². The molecule has 0 aromatic carbocycles. The van der Waals surface area contributed by atoms with Gasteiger partial charge in [0.2, 0.25) is 0 Å². The highest BCUT2D eigenvalue weighted by atomic mass is 16.3. The van der Waals surface area contributed by atoms with Crippen molar-refractivity contribution in [1.29, 1.82) is 0 Å². The number of rotatable bonds is 0. The first-order valence-corrected chi connectivity index (χ1v) is 4.33. The van der Waals surface area contributed by atoms with E-state index in [2.05, 4.69) is 0 Å². The average molecular weight is 180 g/mol. The molecule has 2 aliphatic rings. The molecule has 0 saturated heterocycles. The van der Waals surface area contributed by atoms with Crippen LogP contribution in [0.1, 0.15) is 6.42 Å². The zero-order chi connectivity index (χ0) is 9.42. The van der Waals surface area contributed by atoms with Gasteiger partial charge < -0.3 is 15.3 Å². The Bertz CT molecular complexity index is 301. The molecule has 0 aromatic rings. The van der Waals surface area contributed by atoms with Gasteiger partial charge in [-0.1, -0.05) is 18.2 Å². The maximum absolute atomic E-state index is 9.61. The molecule has 3 unspecified atom stereocenters. The number of hydrogen-bond donors (Lipinski definition) is 3. The van der Waals surface area contributed by atoms with Gasteiger partial charge in [0.25, 0.3) is 0 Å². The van der Waals surface area contributed by atoms with Crippen molar-refractivity contribution in [2.75, 3.05) is 0 Å². The first-order valence-electron chi connectivity index (χ1n) is 4.33. The summed E-state index contributed by atoms with van der Waals surface area (Å²) in [6, 6.07) is 0. The summed E-state index contributed by atoms with van der Waals surface area (Å²) in [5, 5.41) is 28.4. The molecule has 2 rings (SSSR count). The highest BCUT2D eigenvalue weighted by Gasteiger charge is 2.32. The predicted molar refractivity (Wildman–Crippen MR) is 48.1 cm³/mol. The number of fused-ring (bicyclic) bond motifs is 1. The molecule has 0 radical (unpaired) electrons. The lowest BCUT2D eigenvalue weighted by atomic mass is 9.80. The SMILES string of the molecule is OC1=CC=CC2=CC(O)CC(O)C12. The molecule has 0 heterocycles. The van der Waals surface area contributed by atoms with E-state index < -0.39 is 12.2 Å². The summed E-state index contributed by atoms with van der Waals surface area (Å²) in [5.74, 6) is -0.165. The van der Waals surface area contributed by atoms with Gasteiger partial charge in [-0.3, -0.25) is 0 Å². The van der Waals surface area contributed by atoms with Crippen LogP contribution in [0.3, 0.4) is 0 Å². The molecular weight excluding hydrogens is 168 g/mol. The van der Waals surface area contributed by atoms with E-state index in [1.807, 2.05) is 0 Å². The molecule has 0 aromatic heterocycles. The van der Waals surface area contributed by atoms with Crippen molar-refractivity contribution >= 4 is 0 Å². The summed E-state index contributed by atoms with van der Waals surface area (Å²) in [6.07, 6.45) is 5.77. The minimum absolute atomic E-state index is 0.174. The Hall–Kier alpha value is -1.06. The first kappa shape index (κ1) is 8.53. The number of allylic oxidation sites excluding steroid dienone is 3. The summed E-state index contributed by atoms with van der Waals surface area (Å²) >= 11 is 0. The third-order valence-electron chi connectivity index (χ3n) is 2.49. The third-order valence-corrected chi connectivity index (χ3v) is 2.49. The quantitative estimate of drug-likeness (QED) is 0.513. The summed E-state index contributed by atoms with van der Waals surface area (Å²) in [5.41, 5.74) is 0.797. The fraction of sp³-hybridized carbons (Fsp3) is 0.400. The highest BCUT2D eigenvalue weighted by molar-refractivity contribution is 5.38. The van der Waals surface area contributed by atoms with E-state index >= 15 is 0 Å². The number of hydrogen-bond acceptors (Lipinski definition) is 3. The van der Waals surface area contributed by atoms with E-state index in [1.54, 1.807) is 24.3 Å². The molecule has 3 heteroatoms. The van der Waals surface area contributed by atoms with Crippen molar-refractivity contribution in [2.45, 2.75) is 18.6 Å². The van der Waals surface area contributed by atoms with E-state index in [1.165, 1.54) is 0 Å². The zero-order valence-electron chi connectivity index (χ0n) is 7.09. The molecule has 0 bridgehead atoms. The molecular formula is C10H12O3. The minimum atomic E-state index is -0.684. The molecule has 0 spiro atoms. The Morgan fingerprint density at radius 2 is 2.08 bits per heavy atom. The molecule has 0 aliphatic heterocycles. The maximum atomic E-state index is 9.61. The van der Waals surface area contributed by atoms with Crippen LogP contribution in [0.4, 0.5) is 0 Å². The van der Waals surface area contributed by atoms with Crippen LogP contribution in [-0.4, -0.2) is 27.5 Å². The van der Waals surface area contributed by atoms with Gasteiger partial charge in [0.05, 0.1) is 18.1 Å². The topological polar surface area (TPSA) is 60.7 Å². The molecule has 3 N–H and O–H groups in total. The van der Waals surface area contributed by atoms with E-state index in [-0.39, 0.29) is 11.7 Å². The fourth-order valence-electron chi connectivity index (χ4n) is 1.89. The summed E-state index contributed by atoms with van der Waals surface area (Å²) in [4.78, 5) is 0. The average Bonchev–Trinajstić information content (AvgIpc) is 2.02.